The summed E-state index contributed by atoms with van der Waals surface area (Å²) in [5.74, 6) is 1.42. The molecule has 2 atom stereocenters. The number of carbonyl (C=O) groups is 2. The average Bonchev–Trinajstić information content (AvgIpc) is 3.36. The Morgan fingerprint density at radius 3 is 2.38 bits per heavy atom. The second-order valence-corrected chi connectivity index (χ2v) is 11.4. The molecule has 2 amide bonds. The molecule has 2 aliphatic rings. The van der Waals surface area contributed by atoms with E-state index in [2.05, 4.69) is 29.4 Å². The second kappa shape index (κ2) is 14.5. The molecule has 1 saturated heterocycles. The highest BCUT2D eigenvalue weighted by atomic mass is 16.5. The van der Waals surface area contributed by atoms with Crippen molar-refractivity contribution < 1.29 is 19.1 Å². The maximum absolute atomic E-state index is 13.6. The van der Waals surface area contributed by atoms with Gasteiger partial charge in [0.1, 0.15) is 11.5 Å². The minimum atomic E-state index is -0.266. The van der Waals surface area contributed by atoms with E-state index in [1.54, 1.807) is 14.2 Å². The van der Waals surface area contributed by atoms with Gasteiger partial charge in [0.05, 0.1) is 25.5 Å². The highest BCUT2D eigenvalue weighted by molar-refractivity contribution is 5.94. The molecule has 1 aromatic carbocycles. The predicted molar refractivity (Wildman–Crippen MR) is 157 cm³/mol. The number of carbonyl (C=O) groups excluding carboxylic acids is 2. The normalized spacial score (nSPS) is 17.5. The minimum Gasteiger partial charge on any atom is -0.496 e. The van der Waals surface area contributed by atoms with Crippen molar-refractivity contribution in [3.63, 3.8) is 0 Å². The summed E-state index contributed by atoms with van der Waals surface area (Å²) in [6.07, 6.45) is 8.93. The fourth-order valence-electron chi connectivity index (χ4n) is 5.47. The summed E-state index contributed by atoms with van der Waals surface area (Å²) in [6.45, 7) is 8.00. The van der Waals surface area contributed by atoms with E-state index in [4.69, 9.17) is 14.6 Å². The van der Waals surface area contributed by atoms with Crippen molar-refractivity contribution >= 4 is 11.8 Å². The minimum absolute atomic E-state index is 0.00962. The van der Waals surface area contributed by atoms with Gasteiger partial charge in [0, 0.05) is 31.6 Å². The Bertz CT molecular complexity index is 1100. The number of aromatic nitrogens is 2. The van der Waals surface area contributed by atoms with Gasteiger partial charge in [0.2, 0.25) is 5.91 Å². The second-order valence-electron chi connectivity index (χ2n) is 11.4. The number of nitrogens with zero attached hydrogens (tertiary/aromatic N) is 3. The van der Waals surface area contributed by atoms with Crippen molar-refractivity contribution in [2.75, 3.05) is 33.9 Å². The lowest BCUT2D eigenvalue weighted by Gasteiger charge is -2.29. The number of likely N-dealkylation sites (tertiary alicyclic amines) is 1. The first-order chi connectivity index (χ1) is 19.4. The van der Waals surface area contributed by atoms with Gasteiger partial charge in [0.25, 0.3) is 5.91 Å². The van der Waals surface area contributed by atoms with Crippen LogP contribution in [0.4, 0.5) is 0 Å². The molecule has 0 bridgehead atoms. The number of ether oxygens (including phenoxy) is 2. The molecule has 0 spiro atoms. The third kappa shape index (κ3) is 7.77. The van der Waals surface area contributed by atoms with E-state index in [0.29, 0.717) is 29.7 Å². The van der Waals surface area contributed by atoms with Crippen LogP contribution in [-0.4, -0.2) is 72.4 Å². The quantitative estimate of drug-likeness (QED) is 0.354. The number of benzene rings is 1. The summed E-state index contributed by atoms with van der Waals surface area (Å²) >= 11 is 0. The Hall–Kier alpha value is -3.07. The van der Waals surface area contributed by atoms with E-state index in [1.165, 1.54) is 25.7 Å². The van der Waals surface area contributed by atoms with Crippen LogP contribution in [0.2, 0.25) is 0 Å². The summed E-state index contributed by atoms with van der Waals surface area (Å²) < 4.78 is 13.2. The van der Waals surface area contributed by atoms with Crippen LogP contribution >= 0.6 is 0 Å². The van der Waals surface area contributed by atoms with Crippen LogP contribution < -0.4 is 20.1 Å². The van der Waals surface area contributed by atoms with E-state index in [1.807, 2.05) is 28.9 Å². The Balaban J connectivity index is 1.56. The maximum Gasteiger partial charge on any atom is 0.272 e. The Labute approximate surface area is 239 Å². The number of methoxy groups -OCH3 is 2. The Morgan fingerprint density at radius 1 is 1.07 bits per heavy atom. The first-order valence-electron chi connectivity index (χ1n) is 15.0. The molecule has 40 heavy (non-hydrogen) atoms. The first-order valence-corrected chi connectivity index (χ1v) is 15.0. The van der Waals surface area contributed by atoms with Gasteiger partial charge in [-0.1, -0.05) is 32.8 Å². The average molecular weight is 554 g/mol. The van der Waals surface area contributed by atoms with E-state index < -0.39 is 0 Å². The van der Waals surface area contributed by atoms with Crippen LogP contribution in [0.5, 0.6) is 11.5 Å². The SMILES string of the molecule is CCC(C)Cn1nc(C(=O)N[C@@H](CCN2CCCCC2)CC(=O)NC2CCC2)cc1-c1c(OC)cccc1OC. The number of hydrogen-bond donors (Lipinski definition) is 2. The van der Waals surface area contributed by atoms with Crippen LogP contribution in [0.25, 0.3) is 11.3 Å². The molecule has 4 rings (SSSR count). The van der Waals surface area contributed by atoms with Gasteiger partial charge in [-0.3, -0.25) is 14.3 Å². The summed E-state index contributed by atoms with van der Waals surface area (Å²) in [4.78, 5) is 28.9. The van der Waals surface area contributed by atoms with Crippen LogP contribution in [0.3, 0.4) is 0 Å². The third-order valence-corrected chi connectivity index (χ3v) is 8.36. The van der Waals surface area contributed by atoms with E-state index in [0.717, 1.165) is 56.6 Å². The zero-order valence-electron chi connectivity index (χ0n) is 24.7. The molecule has 2 N–H and O–H groups in total. The van der Waals surface area contributed by atoms with E-state index >= 15 is 0 Å². The van der Waals surface area contributed by atoms with Gasteiger partial charge in [-0.25, -0.2) is 0 Å². The Kier molecular flexibility index (Phi) is 10.9. The molecule has 9 nitrogen and oxygen atoms in total. The number of amides is 2. The fraction of sp³-hybridized carbons (Fsp3) is 0.645. The van der Waals surface area contributed by atoms with E-state index in [-0.39, 0.29) is 30.3 Å². The molecule has 1 aliphatic heterocycles. The molecule has 2 heterocycles. The number of hydrogen-bond acceptors (Lipinski definition) is 6. The third-order valence-electron chi connectivity index (χ3n) is 8.36. The van der Waals surface area contributed by atoms with Gasteiger partial charge in [-0.2, -0.15) is 5.10 Å². The van der Waals surface area contributed by atoms with E-state index in [9.17, 15) is 9.59 Å². The maximum atomic E-state index is 13.6. The fourth-order valence-corrected chi connectivity index (χ4v) is 5.47. The zero-order chi connectivity index (χ0) is 28.5. The van der Waals surface area contributed by atoms with Crippen molar-refractivity contribution in [3.05, 3.63) is 30.0 Å². The summed E-state index contributed by atoms with van der Waals surface area (Å²) in [5, 5.41) is 11.1. The summed E-state index contributed by atoms with van der Waals surface area (Å²) in [5.41, 5.74) is 1.87. The van der Waals surface area contributed by atoms with Gasteiger partial charge >= 0.3 is 0 Å². The van der Waals surface area contributed by atoms with Crippen molar-refractivity contribution in [1.29, 1.82) is 0 Å². The highest BCUT2D eigenvalue weighted by Gasteiger charge is 2.26. The summed E-state index contributed by atoms with van der Waals surface area (Å²) in [7, 11) is 3.26. The van der Waals surface area contributed by atoms with Crippen molar-refractivity contribution in [1.82, 2.24) is 25.3 Å². The molecule has 1 aliphatic carbocycles. The number of nitrogens with one attached hydrogen (secondary N) is 2. The molecule has 1 aromatic heterocycles. The topological polar surface area (TPSA) is 97.7 Å². The van der Waals surface area contributed by atoms with Crippen molar-refractivity contribution in [2.24, 2.45) is 5.92 Å². The smallest absolute Gasteiger partial charge is 0.272 e. The largest absolute Gasteiger partial charge is 0.496 e. The number of rotatable bonds is 14. The Morgan fingerprint density at radius 2 is 1.77 bits per heavy atom. The summed E-state index contributed by atoms with van der Waals surface area (Å²) in [6, 6.07) is 7.48. The van der Waals surface area contributed by atoms with Gasteiger partial charge < -0.3 is 25.0 Å². The molecule has 220 valence electrons. The van der Waals surface area contributed by atoms with Crippen LogP contribution in [0.1, 0.15) is 82.1 Å². The molecule has 2 aromatic rings. The van der Waals surface area contributed by atoms with Crippen LogP contribution in [-0.2, 0) is 11.3 Å². The predicted octanol–water partition coefficient (Wildman–Crippen LogP) is 4.65. The van der Waals surface area contributed by atoms with Crippen LogP contribution in [0, 0.1) is 5.92 Å². The molecule has 9 heteroatoms. The standard InChI is InChI=1S/C31H47N5O4/c1-5-22(2)21-36-26(30-27(39-3)13-10-14-28(30)40-4)20-25(34-36)31(38)33-24(15-18-35-16-7-6-8-17-35)19-29(37)32-23-11-9-12-23/h10,13-14,20,22-24H,5-9,11-12,15-19,21H2,1-4H3,(H,32,37)(H,33,38)/t22?,24-/m0/s1. The first kappa shape index (κ1) is 29.9. The monoisotopic (exact) mass is 553 g/mol. The molecule has 2 fully saturated rings. The van der Waals surface area contributed by atoms with Crippen molar-refractivity contribution in [3.8, 4) is 22.8 Å². The van der Waals surface area contributed by atoms with Gasteiger partial charge in [-0.15, -0.1) is 0 Å². The molecule has 1 saturated carbocycles. The molecule has 1 unspecified atom stereocenters. The molecular weight excluding hydrogens is 506 g/mol. The lowest BCUT2D eigenvalue weighted by molar-refractivity contribution is -0.122. The van der Waals surface area contributed by atoms with Crippen LogP contribution in [0.15, 0.2) is 24.3 Å². The zero-order valence-corrected chi connectivity index (χ0v) is 24.7. The molecular formula is C31H47N5O4. The lowest BCUT2D eigenvalue weighted by atomic mass is 9.93. The van der Waals surface area contributed by atoms with Gasteiger partial charge in [-0.05, 0) is 75.7 Å². The highest BCUT2D eigenvalue weighted by Crippen LogP contribution is 2.39. The number of piperidine rings is 1. The van der Waals surface area contributed by atoms with Gasteiger partial charge in [0.15, 0.2) is 5.69 Å². The lowest BCUT2D eigenvalue weighted by Crippen LogP contribution is -2.45. The van der Waals surface area contributed by atoms with Crippen molar-refractivity contribution in [2.45, 2.75) is 90.3 Å². The molecule has 0 radical (unpaired) electrons.